The van der Waals surface area contributed by atoms with Crippen molar-refractivity contribution in [1.82, 2.24) is 9.21 Å². The van der Waals surface area contributed by atoms with Crippen LogP contribution in [-0.4, -0.2) is 74.7 Å². The summed E-state index contributed by atoms with van der Waals surface area (Å²) in [5.74, 6) is -2.08. The second-order valence-electron chi connectivity index (χ2n) is 8.01. The highest BCUT2D eigenvalue weighted by Crippen LogP contribution is 2.22. The topological polar surface area (TPSA) is 104 Å². The Labute approximate surface area is 196 Å². The summed E-state index contributed by atoms with van der Waals surface area (Å²) in [5.41, 5.74) is 0.805. The number of benzene rings is 2. The molecule has 34 heavy (non-hydrogen) atoms. The lowest BCUT2D eigenvalue weighted by atomic mass is 10.2. The zero-order valence-electron chi connectivity index (χ0n) is 18.4. The van der Waals surface area contributed by atoms with Crippen LogP contribution in [0.4, 0.5) is 10.1 Å². The van der Waals surface area contributed by atoms with Crippen LogP contribution in [0.5, 0.6) is 0 Å². The van der Waals surface area contributed by atoms with Gasteiger partial charge in [0.2, 0.25) is 15.9 Å². The van der Waals surface area contributed by atoms with Crippen LogP contribution in [0.15, 0.2) is 53.4 Å². The summed E-state index contributed by atoms with van der Waals surface area (Å²) in [4.78, 5) is 39.1. The Kier molecular flexibility index (Phi) is 6.94. The molecule has 4 rings (SSSR count). The number of piperazine rings is 1. The van der Waals surface area contributed by atoms with Gasteiger partial charge >= 0.3 is 5.97 Å². The van der Waals surface area contributed by atoms with Crippen molar-refractivity contribution in [2.45, 2.75) is 17.7 Å². The van der Waals surface area contributed by atoms with E-state index in [0.717, 1.165) is 10.6 Å². The average molecular weight is 490 g/mol. The molecule has 180 valence electrons. The van der Waals surface area contributed by atoms with Gasteiger partial charge in [-0.3, -0.25) is 14.5 Å². The number of carbonyl (C=O) groups excluding carboxylic acids is 3. The molecule has 0 unspecified atom stereocenters. The number of sulfonamides is 1. The van der Waals surface area contributed by atoms with Crippen LogP contribution in [-0.2, 0) is 24.3 Å². The van der Waals surface area contributed by atoms with Crippen LogP contribution < -0.4 is 4.90 Å². The quantitative estimate of drug-likeness (QED) is 0.568. The van der Waals surface area contributed by atoms with Gasteiger partial charge in [-0.05, 0) is 48.9 Å². The molecule has 0 spiro atoms. The third-order valence-corrected chi connectivity index (χ3v) is 7.73. The number of anilines is 1. The van der Waals surface area contributed by atoms with Gasteiger partial charge in [0.05, 0.1) is 10.5 Å². The van der Waals surface area contributed by atoms with Crippen molar-refractivity contribution in [3.05, 3.63) is 59.9 Å². The van der Waals surface area contributed by atoms with E-state index in [4.69, 9.17) is 4.74 Å². The molecule has 2 amide bonds. The third kappa shape index (κ3) is 5.10. The molecular formula is C23H24FN3O6S. The normalized spacial score (nSPS) is 17.1. The van der Waals surface area contributed by atoms with Gasteiger partial charge in [0.1, 0.15) is 5.82 Å². The van der Waals surface area contributed by atoms with Gasteiger partial charge in [0, 0.05) is 44.8 Å². The van der Waals surface area contributed by atoms with Crippen LogP contribution in [0.1, 0.15) is 23.2 Å². The molecule has 2 saturated heterocycles. The summed E-state index contributed by atoms with van der Waals surface area (Å²) in [6.07, 6.45) is 0.869. The number of imide groups is 1. The molecular weight excluding hydrogens is 465 g/mol. The fourth-order valence-corrected chi connectivity index (χ4v) is 5.44. The molecule has 0 aliphatic carbocycles. The fourth-order valence-electron chi connectivity index (χ4n) is 3.97. The van der Waals surface area contributed by atoms with Gasteiger partial charge in [-0.1, -0.05) is 6.07 Å². The monoisotopic (exact) mass is 489 g/mol. The van der Waals surface area contributed by atoms with Crippen LogP contribution in [0, 0.1) is 5.82 Å². The minimum Gasteiger partial charge on any atom is -0.452 e. The predicted molar refractivity (Wildman–Crippen MR) is 120 cm³/mol. The van der Waals surface area contributed by atoms with E-state index in [0.29, 0.717) is 26.1 Å². The van der Waals surface area contributed by atoms with Crippen LogP contribution in [0.3, 0.4) is 0 Å². The second-order valence-corrected chi connectivity index (χ2v) is 9.95. The number of nitrogens with zero attached hydrogens (tertiary/aromatic N) is 3. The Morgan fingerprint density at radius 3 is 2.32 bits per heavy atom. The Morgan fingerprint density at radius 2 is 1.68 bits per heavy atom. The molecule has 0 radical (unpaired) electrons. The number of rotatable bonds is 6. The molecule has 2 heterocycles. The maximum atomic E-state index is 13.2. The SMILES string of the molecule is O=C(OCC(=O)N1CCCC1=O)c1cccc(S(=O)(=O)N2CCN(c3ccc(F)cc3)CC2)c1. The number of likely N-dealkylation sites (tertiary alicyclic amines) is 1. The second kappa shape index (κ2) is 9.90. The van der Waals surface area contributed by atoms with E-state index in [-0.39, 0.29) is 41.7 Å². The van der Waals surface area contributed by atoms with E-state index >= 15 is 0 Å². The van der Waals surface area contributed by atoms with Crippen molar-refractivity contribution >= 4 is 33.5 Å². The van der Waals surface area contributed by atoms with E-state index in [1.807, 2.05) is 4.90 Å². The smallest absolute Gasteiger partial charge is 0.338 e. The van der Waals surface area contributed by atoms with Crippen LogP contribution in [0.2, 0.25) is 0 Å². The Hall–Kier alpha value is -3.31. The van der Waals surface area contributed by atoms with Gasteiger partial charge in [0.25, 0.3) is 5.91 Å². The maximum Gasteiger partial charge on any atom is 0.338 e. The summed E-state index contributed by atoms with van der Waals surface area (Å²) in [5, 5.41) is 0. The first-order valence-electron chi connectivity index (χ1n) is 10.9. The van der Waals surface area contributed by atoms with Gasteiger partial charge in [0.15, 0.2) is 6.61 Å². The molecule has 9 nitrogen and oxygen atoms in total. The first-order valence-corrected chi connectivity index (χ1v) is 12.3. The molecule has 2 aliphatic rings. The largest absolute Gasteiger partial charge is 0.452 e. The van der Waals surface area contributed by atoms with E-state index in [2.05, 4.69) is 0 Å². The predicted octanol–water partition coefficient (Wildman–Crippen LogP) is 1.64. The molecule has 0 atom stereocenters. The minimum absolute atomic E-state index is 0.00780. The zero-order chi connectivity index (χ0) is 24.3. The van der Waals surface area contributed by atoms with E-state index in [9.17, 15) is 27.2 Å². The van der Waals surface area contributed by atoms with Crippen molar-refractivity contribution in [2.75, 3.05) is 44.2 Å². The highest BCUT2D eigenvalue weighted by molar-refractivity contribution is 7.89. The number of ether oxygens (including phenoxy) is 1. The maximum absolute atomic E-state index is 13.2. The summed E-state index contributed by atoms with van der Waals surface area (Å²) >= 11 is 0. The van der Waals surface area contributed by atoms with E-state index in [1.165, 1.54) is 40.7 Å². The number of hydrogen-bond acceptors (Lipinski definition) is 7. The summed E-state index contributed by atoms with van der Waals surface area (Å²) in [7, 11) is -3.86. The number of hydrogen-bond donors (Lipinski definition) is 0. The lowest BCUT2D eigenvalue weighted by Gasteiger charge is -2.35. The fraction of sp³-hybridized carbons (Fsp3) is 0.348. The van der Waals surface area contributed by atoms with Crippen molar-refractivity contribution in [2.24, 2.45) is 0 Å². The van der Waals surface area contributed by atoms with E-state index < -0.39 is 28.5 Å². The Balaban J connectivity index is 1.38. The lowest BCUT2D eigenvalue weighted by molar-refractivity contribution is -0.143. The molecule has 11 heteroatoms. The lowest BCUT2D eigenvalue weighted by Crippen LogP contribution is -2.48. The van der Waals surface area contributed by atoms with Gasteiger partial charge < -0.3 is 9.64 Å². The number of amides is 2. The Morgan fingerprint density at radius 1 is 0.971 bits per heavy atom. The molecule has 2 aliphatic heterocycles. The molecule has 0 saturated carbocycles. The van der Waals surface area contributed by atoms with Crippen molar-refractivity contribution in [1.29, 1.82) is 0 Å². The number of esters is 1. The third-order valence-electron chi connectivity index (χ3n) is 5.84. The minimum atomic E-state index is -3.86. The molecule has 2 aromatic carbocycles. The van der Waals surface area contributed by atoms with Gasteiger partial charge in [-0.25, -0.2) is 17.6 Å². The number of carbonyl (C=O) groups is 3. The molecule has 0 aromatic heterocycles. The van der Waals surface area contributed by atoms with Crippen molar-refractivity contribution in [3.8, 4) is 0 Å². The summed E-state index contributed by atoms with van der Waals surface area (Å²) in [6, 6.07) is 11.5. The van der Waals surface area contributed by atoms with Crippen molar-refractivity contribution < 1.29 is 31.9 Å². The molecule has 2 fully saturated rings. The average Bonchev–Trinajstić information content (AvgIpc) is 3.29. The Bertz CT molecular complexity index is 1190. The van der Waals surface area contributed by atoms with Crippen LogP contribution >= 0.6 is 0 Å². The molecule has 0 N–H and O–H groups in total. The highest BCUT2D eigenvalue weighted by atomic mass is 32.2. The zero-order valence-corrected chi connectivity index (χ0v) is 19.2. The summed E-state index contributed by atoms with van der Waals surface area (Å²) in [6.45, 7) is 1.04. The highest BCUT2D eigenvalue weighted by Gasteiger charge is 2.30. The van der Waals surface area contributed by atoms with E-state index in [1.54, 1.807) is 12.1 Å². The molecule has 2 aromatic rings. The standard InChI is InChI=1S/C23H24FN3O6S/c24-18-6-8-19(9-7-18)25-11-13-26(14-12-25)34(31,32)20-4-1-3-17(15-20)23(30)33-16-22(29)27-10-2-5-21(27)28/h1,3-4,6-9,15H,2,5,10-14,16H2. The first-order chi connectivity index (χ1) is 16.3. The first kappa shape index (κ1) is 23.8. The van der Waals surface area contributed by atoms with Crippen LogP contribution in [0.25, 0.3) is 0 Å². The van der Waals surface area contributed by atoms with Crippen molar-refractivity contribution in [3.63, 3.8) is 0 Å². The summed E-state index contributed by atoms with van der Waals surface area (Å²) < 4.78 is 45.8. The van der Waals surface area contributed by atoms with Gasteiger partial charge in [-0.15, -0.1) is 0 Å². The van der Waals surface area contributed by atoms with Gasteiger partial charge in [-0.2, -0.15) is 4.31 Å². The molecule has 0 bridgehead atoms. The number of halogens is 1.